The summed E-state index contributed by atoms with van der Waals surface area (Å²) in [4.78, 5) is 11.8. The van der Waals surface area contributed by atoms with Crippen molar-refractivity contribution < 1.29 is 13.2 Å². The molecule has 110 valence electrons. The van der Waals surface area contributed by atoms with Gasteiger partial charge in [-0.3, -0.25) is 4.79 Å². The van der Waals surface area contributed by atoms with Gasteiger partial charge in [0, 0.05) is 12.1 Å². The Bertz CT molecular complexity index is 672. The summed E-state index contributed by atoms with van der Waals surface area (Å²) in [5, 5.41) is 8.00. The molecule has 5 nitrogen and oxygen atoms in total. The van der Waals surface area contributed by atoms with E-state index in [0.29, 0.717) is 6.54 Å². The third kappa shape index (κ3) is 3.52. The highest BCUT2D eigenvalue weighted by Gasteiger charge is 2.37. The van der Waals surface area contributed by atoms with Gasteiger partial charge in [-0.05, 0) is 46.3 Å². The van der Waals surface area contributed by atoms with Crippen molar-refractivity contribution in [1.82, 2.24) is 5.32 Å². The Labute approximate surface area is 131 Å². The van der Waals surface area contributed by atoms with E-state index in [1.165, 1.54) is 12.1 Å². The molecule has 1 saturated carbocycles. The molecule has 0 atom stereocenters. The van der Waals surface area contributed by atoms with Crippen LogP contribution in [0.3, 0.4) is 0 Å². The monoisotopic (exact) mass is 380 g/mol. The van der Waals surface area contributed by atoms with Crippen LogP contribution < -0.4 is 10.5 Å². The number of primary sulfonamides is 1. The number of benzene rings is 1. The Morgan fingerprint density at radius 2 is 2.10 bits per heavy atom. The lowest BCUT2D eigenvalue weighted by Gasteiger charge is -2.12. The van der Waals surface area contributed by atoms with Gasteiger partial charge in [-0.1, -0.05) is 18.5 Å². The summed E-state index contributed by atoms with van der Waals surface area (Å²) in [5.74, 6) is -0.363. The number of amides is 1. The highest BCUT2D eigenvalue weighted by Crippen LogP contribution is 2.44. The SMILES string of the molecule is CC1(CNC(=O)c2cc(Cl)c(Br)c(S(N)(=O)=O)c2)CC1. The summed E-state index contributed by atoms with van der Waals surface area (Å²) in [6.07, 6.45) is 2.16. The minimum atomic E-state index is -3.95. The average molecular weight is 382 g/mol. The van der Waals surface area contributed by atoms with Crippen molar-refractivity contribution in [3.8, 4) is 0 Å². The van der Waals surface area contributed by atoms with Gasteiger partial charge >= 0.3 is 0 Å². The predicted octanol–water partition coefficient (Wildman–Crippen LogP) is 2.28. The molecule has 0 saturated heterocycles. The Kier molecular flexibility index (Phi) is 4.17. The molecule has 1 fully saturated rings. The number of halogens is 2. The van der Waals surface area contributed by atoms with Crippen LogP contribution in [0.5, 0.6) is 0 Å². The Morgan fingerprint density at radius 1 is 1.50 bits per heavy atom. The second-order valence-corrected chi connectivity index (χ2v) is 8.04. The van der Waals surface area contributed by atoms with E-state index < -0.39 is 10.0 Å². The summed E-state index contributed by atoms with van der Waals surface area (Å²) in [6, 6.07) is 2.63. The number of hydrogen-bond donors (Lipinski definition) is 2. The molecule has 1 aliphatic carbocycles. The van der Waals surface area contributed by atoms with Crippen molar-refractivity contribution in [1.29, 1.82) is 0 Å². The number of nitrogens with one attached hydrogen (secondary N) is 1. The van der Waals surface area contributed by atoms with Crippen molar-refractivity contribution in [2.75, 3.05) is 6.54 Å². The third-order valence-corrected chi connectivity index (χ3v) is 5.92. The molecule has 0 bridgehead atoms. The lowest BCUT2D eigenvalue weighted by molar-refractivity contribution is 0.0946. The summed E-state index contributed by atoms with van der Waals surface area (Å²) in [6.45, 7) is 2.64. The second-order valence-electron chi connectivity index (χ2n) is 5.31. The molecule has 1 aromatic carbocycles. The topological polar surface area (TPSA) is 89.3 Å². The predicted molar refractivity (Wildman–Crippen MR) is 80.2 cm³/mol. The van der Waals surface area contributed by atoms with Crippen molar-refractivity contribution >= 4 is 43.5 Å². The van der Waals surface area contributed by atoms with Crippen LogP contribution in [0.1, 0.15) is 30.1 Å². The molecular weight excluding hydrogens is 368 g/mol. The largest absolute Gasteiger partial charge is 0.351 e. The molecule has 1 aliphatic rings. The highest BCUT2D eigenvalue weighted by atomic mass is 79.9. The molecule has 0 heterocycles. The number of rotatable bonds is 4. The van der Waals surface area contributed by atoms with Crippen molar-refractivity contribution in [2.45, 2.75) is 24.7 Å². The molecule has 3 N–H and O–H groups in total. The van der Waals surface area contributed by atoms with Crippen molar-refractivity contribution in [3.05, 3.63) is 27.2 Å². The van der Waals surface area contributed by atoms with Gasteiger partial charge in [0.2, 0.25) is 10.0 Å². The van der Waals surface area contributed by atoms with Crippen LogP contribution in [0.2, 0.25) is 5.02 Å². The van der Waals surface area contributed by atoms with Gasteiger partial charge in [0.05, 0.1) is 14.4 Å². The zero-order chi connectivity index (χ0) is 15.1. The van der Waals surface area contributed by atoms with Gasteiger partial charge in [0.15, 0.2) is 0 Å². The fourth-order valence-corrected chi connectivity index (χ4v) is 3.52. The summed E-state index contributed by atoms with van der Waals surface area (Å²) < 4.78 is 23.1. The number of nitrogens with two attached hydrogens (primary N) is 1. The van der Waals surface area contributed by atoms with Gasteiger partial charge in [-0.25, -0.2) is 13.6 Å². The maximum Gasteiger partial charge on any atom is 0.251 e. The van der Waals surface area contributed by atoms with Gasteiger partial charge in [0.25, 0.3) is 5.91 Å². The van der Waals surface area contributed by atoms with E-state index in [2.05, 4.69) is 28.2 Å². The highest BCUT2D eigenvalue weighted by molar-refractivity contribution is 9.10. The number of sulfonamides is 1. The van der Waals surface area contributed by atoms with Crippen LogP contribution >= 0.6 is 27.5 Å². The smallest absolute Gasteiger partial charge is 0.251 e. The molecular formula is C12H14BrClN2O3S. The Balaban J connectivity index is 2.28. The summed E-state index contributed by atoms with van der Waals surface area (Å²) in [7, 11) is -3.95. The van der Waals surface area contributed by atoms with E-state index in [4.69, 9.17) is 16.7 Å². The molecule has 8 heteroatoms. The molecule has 0 unspecified atom stereocenters. The zero-order valence-corrected chi connectivity index (χ0v) is 13.9. The van der Waals surface area contributed by atoms with Gasteiger partial charge in [-0.2, -0.15) is 0 Å². The van der Waals surface area contributed by atoms with E-state index in [1.807, 2.05) is 0 Å². The van der Waals surface area contributed by atoms with Crippen LogP contribution in [0.4, 0.5) is 0 Å². The first-order chi connectivity index (χ1) is 9.12. The lowest BCUT2D eigenvalue weighted by atomic mass is 10.1. The zero-order valence-electron chi connectivity index (χ0n) is 10.7. The van der Waals surface area contributed by atoms with Crippen LogP contribution in [0, 0.1) is 5.41 Å². The maximum atomic E-state index is 12.0. The van der Waals surface area contributed by atoms with Crippen LogP contribution in [0.25, 0.3) is 0 Å². The molecule has 0 aromatic heterocycles. The first kappa shape index (κ1) is 15.8. The van der Waals surface area contributed by atoms with E-state index in [-0.39, 0.29) is 31.3 Å². The first-order valence-corrected chi connectivity index (χ1v) is 8.64. The molecule has 1 amide bonds. The van der Waals surface area contributed by atoms with E-state index in [9.17, 15) is 13.2 Å². The lowest BCUT2D eigenvalue weighted by Crippen LogP contribution is -2.29. The summed E-state index contributed by atoms with van der Waals surface area (Å²) in [5.41, 5.74) is 0.337. The van der Waals surface area contributed by atoms with Crippen LogP contribution in [0.15, 0.2) is 21.5 Å². The fourth-order valence-electron chi connectivity index (χ4n) is 1.69. The molecule has 0 radical (unpaired) electrons. The van der Waals surface area contributed by atoms with Crippen LogP contribution in [-0.4, -0.2) is 20.9 Å². The molecule has 20 heavy (non-hydrogen) atoms. The number of carbonyl (C=O) groups excluding carboxylic acids is 1. The summed E-state index contributed by atoms with van der Waals surface area (Å²) >= 11 is 8.98. The minimum Gasteiger partial charge on any atom is -0.351 e. The quantitative estimate of drug-likeness (QED) is 0.838. The van der Waals surface area contributed by atoms with Gasteiger partial charge < -0.3 is 5.32 Å². The normalized spacial score (nSPS) is 16.8. The van der Waals surface area contributed by atoms with E-state index in [1.54, 1.807) is 0 Å². The number of carbonyl (C=O) groups is 1. The molecule has 0 spiro atoms. The van der Waals surface area contributed by atoms with Gasteiger partial charge in [-0.15, -0.1) is 0 Å². The maximum absolute atomic E-state index is 12.0. The first-order valence-electron chi connectivity index (χ1n) is 5.92. The van der Waals surface area contributed by atoms with E-state index >= 15 is 0 Å². The molecule has 1 aromatic rings. The fraction of sp³-hybridized carbons (Fsp3) is 0.417. The minimum absolute atomic E-state index is 0.124. The molecule has 0 aliphatic heterocycles. The third-order valence-electron chi connectivity index (χ3n) is 3.34. The van der Waals surface area contributed by atoms with E-state index in [0.717, 1.165) is 12.8 Å². The molecule has 2 rings (SSSR count). The van der Waals surface area contributed by atoms with Crippen molar-refractivity contribution in [2.24, 2.45) is 10.6 Å². The Morgan fingerprint density at radius 3 is 2.60 bits per heavy atom. The standard InChI is InChI=1S/C12H14BrClN2O3S/c1-12(2-3-12)6-16-11(17)7-4-8(14)10(13)9(5-7)20(15,18)19/h4-5H,2-3,6H2,1H3,(H,16,17)(H2,15,18,19). The van der Waals surface area contributed by atoms with Gasteiger partial charge in [0.1, 0.15) is 0 Å². The Hall–Kier alpha value is -0.630. The van der Waals surface area contributed by atoms with Crippen molar-refractivity contribution in [3.63, 3.8) is 0 Å². The average Bonchev–Trinajstić information content (AvgIpc) is 3.06. The number of hydrogen-bond acceptors (Lipinski definition) is 3. The van der Waals surface area contributed by atoms with Crippen LogP contribution in [-0.2, 0) is 10.0 Å². The second kappa shape index (κ2) is 5.29.